The maximum atomic E-state index is 12.2. The molecule has 1 aromatic rings. The largest absolute Gasteiger partial charge is 0.378 e. The Morgan fingerprint density at radius 2 is 2.05 bits per heavy atom. The number of methoxy groups -OCH3 is 1. The minimum Gasteiger partial charge on any atom is -0.378 e. The zero-order valence-electron chi connectivity index (χ0n) is 13.9. The Labute approximate surface area is 135 Å². The number of rotatable bonds is 7. The minimum atomic E-state index is -0.400. The van der Waals surface area contributed by atoms with Gasteiger partial charge in [0.05, 0.1) is 18.1 Å². The second-order valence-electron chi connectivity index (χ2n) is 6.33. The van der Waals surface area contributed by atoms with Crippen molar-refractivity contribution in [3.05, 3.63) is 33.8 Å². The number of carbonyl (C=O) groups is 1. The van der Waals surface area contributed by atoms with E-state index in [0.717, 1.165) is 5.57 Å². The Kier molecular flexibility index (Phi) is 6.56. The first kappa shape index (κ1) is 18.6. The summed E-state index contributed by atoms with van der Waals surface area (Å²) in [4.78, 5) is 31.3. The van der Waals surface area contributed by atoms with Gasteiger partial charge in [0, 0.05) is 24.5 Å². The Morgan fingerprint density at radius 1 is 1.41 bits per heavy atom. The number of aromatic nitrogens is 2. The fourth-order valence-electron chi connectivity index (χ4n) is 1.68. The molecule has 5 nitrogen and oxygen atoms in total. The molecule has 0 fully saturated rings. The number of hydrogen-bond acceptors (Lipinski definition) is 5. The lowest BCUT2D eigenvalue weighted by Crippen LogP contribution is -2.23. The SMILES string of the molecule is C=C(C)Cc1c(COC)nc(SCC(=O)C(C)(C)C)[nH]c1=O. The van der Waals surface area contributed by atoms with Gasteiger partial charge in [0.15, 0.2) is 5.16 Å². The molecule has 0 saturated heterocycles. The van der Waals surface area contributed by atoms with Crippen LogP contribution in [0.5, 0.6) is 0 Å². The van der Waals surface area contributed by atoms with Gasteiger partial charge >= 0.3 is 0 Å². The smallest absolute Gasteiger partial charge is 0.255 e. The lowest BCUT2D eigenvalue weighted by atomic mass is 9.92. The first-order valence-electron chi connectivity index (χ1n) is 7.06. The summed E-state index contributed by atoms with van der Waals surface area (Å²) in [5.74, 6) is 0.387. The molecular weight excluding hydrogens is 300 g/mol. The molecule has 0 aliphatic rings. The molecule has 0 saturated carbocycles. The molecule has 0 atom stereocenters. The van der Waals surface area contributed by atoms with E-state index in [9.17, 15) is 9.59 Å². The summed E-state index contributed by atoms with van der Waals surface area (Å²) >= 11 is 1.24. The third kappa shape index (κ3) is 5.42. The summed E-state index contributed by atoms with van der Waals surface area (Å²) < 4.78 is 5.12. The summed E-state index contributed by atoms with van der Waals surface area (Å²) in [5, 5.41) is 0.445. The fraction of sp³-hybridized carbons (Fsp3) is 0.562. The highest BCUT2D eigenvalue weighted by atomic mass is 32.2. The normalized spacial score (nSPS) is 11.5. The summed E-state index contributed by atoms with van der Waals surface area (Å²) in [6.07, 6.45) is 0.465. The molecule has 0 spiro atoms. The molecule has 0 amide bonds. The molecule has 0 bridgehead atoms. The van der Waals surface area contributed by atoms with Crippen LogP contribution in [0.15, 0.2) is 22.1 Å². The first-order valence-corrected chi connectivity index (χ1v) is 8.05. The molecule has 6 heteroatoms. The van der Waals surface area contributed by atoms with E-state index in [1.807, 2.05) is 27.7 Å². The van der Waals surface area contributed by atoms with Gasteiger partial charge in [-0.3, -0.25) is 9.59 Å². The van der Waals surface area contributed by atoms with E-state index in [1.54, 1.807) is 7.11 Å². The van der Waals surface area contributed by atoms with Gasteiger partial charge < -0.3 is 9.72 Å². The van der Waals surface area contributed by atoms with E-state index >= 15 is 0 Å². The Morgan fingerprint density at radius 3 is 2.55 bits per heavy atom. The van der Waals surface area contributed by atoms with E-state index in [-0.39, 0.29) is 23.7 Å². The quantitative estimate of drug-likeness (QED) is 0.474. The van der Waals surface area contributed by atoms with Gasteiger partial charge in [0.25, 0.3) is 5.56 Å². The molecule has 1 N–H and O–H groups in total. The summed E-state index contributed by atoms with van der Waals surface area (Å²) in [7, 11) is 1.56. The number of nitrogens with one attached hydrogen (secondary N) is 1. The van der Waals surface area contributed by atoms with Crippen molar-refractivity contribution in [2.45, 2.75) is 45.9 Å². The molecule has 1 heterocycles. The van der Waals surface area contributed by atoms with Crippen molar-refractivity contribution >= 4 is 17.5 Å². The predicted molar refractivity (Wildman–Crippen MR) is 89.3 cm³/mol. The van der Waals surface area contributed by atoms with Crippen molar-refractivity contribution in [1.82, 2.24) is 9.97 Å². The summed E-state index contributed by atoms with van der Waals surface area (Å²) in [6, 6.07) is 0. The molecule has 0 aromatic carbocycles. The van der Waals surface area contributed by atoms with E-state index in [2.05, 4.69) is 16.5 Å². The Hall–Kier alpha value is -1.40. The third-order valence-corrected chi connectivity index (χ3v) is 3.89. The van der Waals surface area contributed by atoms with E-state index < -0.39 is 5.41 Å². The lowest BCUT2D eigenvalue weighted by molar-refractivity contribution is -0.123. The van der Waals surface area contributed by atoms with Crippen molar-refractivity contribution in [3.8, 4) is 0 Å². The van der Waals surface area contributed by atoms with E-state index in [1.165, 1.54) is 11.8 Å². The maximum absolute atomic E-state index is 12.2. The van der Waals surface area contributed by atoms with E-state index in [0.29, 0.717) is 22.8 Å². The van der Waals surface area contributed by atoms with Gasteiger partial charge in [-0.1, -0.05) is 44.7 Å². The molecular formula is C16H24N2O3S. The Bertz CT molecular complexity index is 615. The summed E-state index contributed by atoms with van der Waals surface area (Å²) in [6.45, 7) is 11.6. The topological polar surface area (TPSA) is 72.0 Å². The van der Waals surface area contributed by atoms with Crippen molar-refractivity contribution in [2.75, 3.05) is 12.9 Å². The average Bonchev–Trinajstić information content (AvgIpc) is 2.38. The van der Waals surface area contributed by atoms with Crippen LogP contribution in [0.4, 0.5) is 0 Å². The predicted octanol–water partition coefficient (Wildman–Crippen LogP) is 2.74. The van der Waals surface area contributed by atoms with Crippen molar-refractivity contribution in [2.24, 2.45) is 5.41 Å². The van der Waals surface area contributed by atoms with Gasteiger partial charge in [-0.25, -0.2) is 4.98 Å². The van der Waals surface area contributed by atoms with Crippen molar-refractivity contribution in [3.63, 3.8) is 0 Å². The molecule has 0 aliphatic heterocycles. The van der Waals surface area contributed by atoms with Crippen LogP contribution in [0.3, 0.4) is 0 Å². The van der Waals surface area contributed by atoms with Crippen molar-refractivity contribution in [1.29, 1.82) is 0 Å². The molecule has 1 rings (SSSR count). The number of aromatic amines is 1. The summed E-state index contributed by atoms with van der Waals surface area (Å²) in [5.41, 5.74) is 1.45. The molecule has 122 valence electrons. The molecule has 22 heavy (non-hydrogen) atoms. The number of nitrogens with zero attached hydrogens (tertiary/aromatic N) is 1. The number of carbonyl (C=O) groups excluding carboxylic acids is 1. The number of H-pyrrole nitrogens is 1. The standard InChI is InChI=1S/C16H24N2O3S/c1-10(2)7-11-12(8-21-6)17-15(18-14(11)20)22-9-13(19)16(3,4)5/h1,7-9H2,2-6H3,(H,17,18,20). The van der Waals surface area contributed by atoms with E-state index in [4.69, 9.17) is 4.74 Å². The van der Waals surface area contributed by atoms with Crippen LogP contribution in [0.1, 0.15) is 39.0 Å². The van der Waals surface area contributed by atoms with Gasteiger partial charge in [0.1, 0.15) is 5.78 Å². The van der Waals surface area contributed by atoms with Gasteiger partial charge in [-0.05, 0) is 6.92 Å². The first-order chi connectivity index (χ1) is 10.1. The number of ether oxygens (including phenoxy) is 1. The average molecular weight is 324 g/mol. The maximum Gasteiger partial charge on any atom is 0.255 e. The number of Topliss-reactive ketones (excluding diaryl/α,β-unsaturated/α-hetero) is 1. The third-order valence-electron chi connectivity index (χ3n) is 3.02. The van der Waals surface area contributed by atoms with Gasteiger partial charge in [0.2, 0.25) is 0 Å². The molecule has 0 unspecified atom stereocenters. The number of ketones is 1. The van der Waals surface area contributed by atoms with Crippen LogP contribution in [0.2, 0.25) is 0 Å². The highest BCUT2D eigenvalue weighted by molar-refractivity contribution is 7.99. The number of hydrogen-bond donors (Lipinski definition) is 1. The molecule has 1 aromatic heterocycles. The highest BCUT2D eigenvalue weighted by Crippen LogP contribution is 2.21. The highest BCUT2D eigenvalue weighted by Gasteiger charge is 2.21. The van der Waals surface area contributed by atoms with Crippen LogP contribution in [-0.4, -0.2) is 28.6 Å². The monoisotopic (exact) mass is 324 g/mol. The second kappa shape index (κ2) is 7.74. The molecule has 0 aliphatic carbocycles. The zero-order chi connectivity index (χ0) is 16.9. The van der Waals surface area contributed by atoms with Crippen LogP contribution >= 0.6 is 11.8 Å². The zero-order valence-corrected chi connectivity index (χ0v) is 14.7. The van der Waals surface area contributed by atoms with Gasteiger partial charge in [-0.15, -0.1) is 0 Å². The minimum absolute atomic E-state index is 0.111. The van der Waals surface area contributed by atoms with Gasteiger partial charge in [-0.2, -0.15) is 0 Å². The number of thioether (sulfide) groups is 1. The molecule has 0 radical (unpaired) electrons. The van der Waals surface area contributed by atoms with Crippen LogP contribution in [0.25, 0.3) is 0 Å². The van der Waals surface area contributed by atoms with Crippen molar-refractivity contribution < 1.29 is 9.53 Å². The van der Waals surface area contributed by atoms with Crippen LogP contribution in [0, 0.1) is 5.41 Å². The number of allylic oxidation sites excluding steroid dienone is 1. The van der Waals surface area contributed by atoms with Crippen LogP contribution in [-0.2, 0) is 22.6 Å². The lowest BCUT2D eigenvalue weighted by Gasteiger charge is -2.16. The van der Waals surface area contributed by atoms with Crippen LogP contribution < -0.4 is 5.56 Å². The Balaban J connectivity index is 3.01. The second-order valence-corrected chi connectivity index (χ2v) is 7.29. The fourth-order valence-corrected chi connectivity index (χ4v) is 2.72.